The van der Waals surface area contributed by atoms with Gasteiger partial charge in [-0.1, -0.05) is 40.9 Å². The van der Waals surface area contributed by atoms with Crippen molar-refractivity contribution in [2.24, 2.45) is 0 Å². The number of hydrogen-bond acceptors (Lipinski definition) is 1. The molecule has 0 aliphatic rings. The SMILES string of the molecule is FC(F)(F)c1cccc(-c2cc(Cl)c(Cl)c(Cl)c2)n1. The lowest BCUT2D eigenvalue weighted by Gasteiger charge is -2.09. The fourth-order valence-corrected chi connectivity index (χ4v) is 2.05. The fraction of sp³-hybridized carbons (Fsp3) is 0.0833. The van der Waals surface area contributed by atoms with Crippen molar-refractivity contribution in [1.82, 2.24) is 4.98 Å². The van der Waals surface area contributed by atoms with Gasteiger partial charge in [-0.15, -0.1) is 0 Å². The van der Waals surface area contributed by atoms with Crippen molar-refractivity contribution < 1.29 is 13.2 Å². The lowest BCUT2D eigenvalue weighted by Crippen LogP contribution is -2.07. The summed E-state index contributed by atoms with van der Waals surface area (Å²) in [7, 11) is 0. The lowest BCUT2D eigenvalue weighted by atomic mass is 10.1. The second-order valence-corrected chi connectivity index (χ2v) is 4.85. The van der Waals surface area contributed by atoms with Gasteiger partial charge in [-0.25, -0.2) is 4.98 Å². The summed E-state index contributed by atoms with van der Waals surface area (Å²) < 4.78 is 37.7. The van der Waals surface area contributed by atoms with Gasteiger partial charge in [-0.05, 0) is 24.3 Å². The number of aromatic nitrogens is 1. The molecule has 0 spiro atoms. The molecule has 2 aromatic rings. The summed E-state index contributed by atoms with van der Waals surface area (Å²) in [5.41, 5.74) is -0.493. The van der Waals surface area contributed by atoms with E-state index in [0.717, 1.165) is 6.07 Å². The quantitative estimate of drug-likeness (QED) is 0.610. The van der Waals surface area contributed by atoms with Crippen LogP contribution in [-0.2, 0) is 6.18 Å². The maximum absolute atomic E-state index is 12.6. The van der Waals surface area contributed by atoms with Crippen molar-refractivity contribution in [3.05, 3.63) is 51.1 Å². The maximum Gasteiger partial charge on any atom is 0.433 e. The Labute approximate surface area is 121 Å². The first-order valence-electron chi connectivity index (χ1n) is 4.98. The second-order valence-electron chi connectivity index (χ2n) is 3.66. The Kier molecular flexibility index (Phi) is 3.95. The number of nitrogens with zero attached hydrogens (tertiary/aromatic N) is 1. The summed E-state index contributed by atoms with van der Waals surface area (Å²) in [4.78, 5) is 3.54. The smallest absolute Gasteiger partial charge is 0.243 e. The van der Waals surface area contributed by atoms with E-state index in [0.29, 0.717) is 5.56 Å². The van der Waals surface area contributed by atoms with Gasteiger partial charge in [0.1, 0.15) is 5.69 Å². The molecular formula is C12H5Cl3F3N. The van der Waals surface area contributed by atoms with E-state index >= 15 is 0 Å². The Hall–Kier alpha value is -0.970. The first-order chi connectivity index (χ1) is 8.79. The third kappa shape index (κ3) is 3.14. The van der Waals surface area contributed by atoms with E-state index in [1.54, 1.807) is 0 Å². The zero-order valence-electron chi connectivity index (χ0n) is 9.10. The number of rotatable bonds is 1. The highest BCUT2D eigenvalue weighted by molar-refractivity contribution is 6.48. The molecule has 1 aromatic carbocycles. The van der Waals surface area contributed by atoms with Crippen LogP contribution >= 0.6 is 34.8 Å². The summed E-state index contributed by atoms with van der Waals surface area (Å²) >= 11 is 17.4. The summed E-state index contributed by atoms with van der Waals surface area (Å²) in [5, 5.41) is 0.464. The first-order valence-corrected chi connectivity index (χ1v) is 6.11. The molecule has 0 fully saturated rings. The van der Waals surface area contributed by atoms with Crippen LogP contribution < -0.4 is 0 Å². The van der Waals surface area contributed by atoms with Crippen LogP contribution in [0.25, 0.3) is 11.3 Å². The largest absolute Gasteiger partial charge is 0.433 e. The molecular weight excluding hydrogens is 321 g/mol. The average molecular weight is 327 g/mol. The van der Waals surface area contributed by atoms with Crippen molar-refractivity contribution in [2.75, 3.05) is 0 Å². The minimum absolute atomic E-state index is 0.121. The number of benzene rings is 1. The molecule has 0 unspecified atom stereocenters. The topological polar surface area (TPSA) is 12.9 Å². The van der Waals surface area contributed by atoms with E-state index in [1.807, 2.05) is 0 Å². The molecule has 100 valence electrons. The standard InChI is InChI=1S/C12H5Cl3F3N/c13-7-4-6(5-8(14)11(7)15)9-2-1-3-10(19-9)12(16,17)18/h1-5H. The van der Waals surface area contributed by atoms with E-state index in [9.17, 15) is 13.2 Å². The van der Waals surface area contributed by atoms with Gasteiger partial charge in [0.15, 0.2) is 0 Å². The van der Waals surface area contributed by atoms with Crippen molar-refractivity contribution in [2.45, 2.75) is 6.18 Å². The molecule has 0 aliphatic carbocycles. The molecule has 0 radical (unpaired) electrons. The molecule has 2 rings (SSSR count). The number of halogens is 6. The lowest BCUT2D eigenvalue weighted by molar-refractivity contribution is -0.141. The summed E-state index contributed by atoms with van der Waals surface area (Å²) in [6, 6.07) is 6.42. The molecule has 0 bridgehead atoms. The van der Waals surface area contributed by atoms with E-state index in [1.165, 1.54) is 24.3 Å². The molecule has 7 heteroatoms. The minimum atomic E-state index is -4.50. The highest BCUT2D eigenvalue weighted by Gasteiger charge is 2.32. The molecule has 0 saturated carbocycles. The van der Waals surface area contributed by atoms with Gasteiger partial charge in [-0.2, -0.15) is 13.2 Å². The molecule has 0 N–H and O–H groups in total. The molecule has 0 aliphatic heterocycles. The zero-order valence-corrected chi connectivity index (χ0v) is 11.4. The highest BCUT2D eigenvalue weighted by Crippen LogP contribution is 2.35. The number of hydrogen-bond donors (Lipinski definition) is 0. The van der Waals surface area contributed by atoms with E-state index in [2.05, 4.69) is 4.98 Å². The van der Waals surface area contributed by atoms with Crippen molar-refractivity contribution in [3.8, 4) is 11.3 Å². The predicted molar refractivity (Wildman–Crippen MR) is 69.7 cm³/mol. The van der Waals surface area contributed by atoms with Crippen molar-refractivity contribution >= 4 is 34.8 Å². The highest BCUT2D eigenvalue weighted by atomic mass is 35.5. The molecule has 1 nitrogen and oxygen atoms in total. The molecule has 0 saturated heterocycles. The fourth-order valence-electron chi connectivity index (χ4n) is 1.46. The summed E-state index contributed by atoms with van der Waals surface area (Å²) in [6.45, 7) is 0. The average Bonchev–Trinajstić information content (AvgIpc) is 2.34. The Morgan fingerprint density at radius 1 is 0.947 bits per heavy atom. The van der Waals surface area contributed by atoms with E-state index < -0.39 is 11.9 Å². The van der Waals surface area contributed by atoms with Crippen LogP contribution in [0.5, 0.6) is 0 Å². The van der Waals surface area contributed by atoms with Crippen LogP contribution in [0.4, 0.5) is 13.2 Å². The molecule has 0 atom stereocenters. The molecule has 0 amide bonds. The van der Waals surface area contributed by atoms with Crippen LogP contribution in [0.2, 0.25) is 15.1 Å². The second kappa shape index (κ2) is 5.19. The van der Waals surface area contributed by atoms with Gasteiger partial charge >= 0.3 is 6.18 Å². The van der Waals surface area contributed by atoms with E-state index in [-0.39, 0.29) is 20.8 Å². The van der Waals surface area contributed by atoms with E-state index in [4.69, 9.17) is 34.8 Å². The third-order valence-corrected chi connectivity index (χ3v) is 3.52. The van der Waals surface area contributed by atoms with Crippen LogP contribution in [0.15, 0.2) is 30.3 Å². The Bertz CT molecular complexity index is 603. The Morgan fingerprint density at radius 2 is 1.53 bits per heavy atom. The van der Waals surface area contributed by atoms with Crippen LogP contribution in [0.3, 0.4) is 0 Å². The summed E-state index contributed by atoms with van der Waals surface area (Å²) in [5.74, 6) is 0. The Balaban J connectivity index is 2.54. The van der Waals surface area contributed by atoms with Gasteiger partial charge in [0.05, 0.1) is 20.8 Å². The first kappa shape index (κ1) is 14.4. The summed E-state index contributed by atoms with van der Waals surface area (Å²) in [6.07, 6.45) is -4.50. The van der Waals surface area contributed by atoms with Gasteiger partial charge in [0, 0.05) is 5.56 Å². The van der Waals surface area contributed by atoms with Crippen LogP contribution in [0.1, 0.15) is 5.69 Å². The van der Waals surface area contributed by atoms with Crippen molar-refractivity contribution in [1.29, 1.82) is 0 Å². The van der Waals surface area contributed by atoms with Crippen LogP contribution in [0, 0.1) is 0 Å². The predicted octanol–water partition coefficient (Wildman–Crippen LogP) is 5.73. The van der Waals surface area contributed by atoms with Crippen LogP contribution in [-0.4, -0.2) is 4.98 Å². The van der Waals surface area contributed by atoms with Gasteiger partial charge in [-0.3, -0.25) is 0 Å². The maximum atomic E-state index is 12.6. The number of pyridine rings is 1. The molecule has 19 heavy (non-hydrogen) atoms. The van der Waals surface area contributed by atoms with Crippen molar-refractivity contribution in [3.63, 3.8) is 0 Å². The third-order valence-electron chi connectivity index (χ3n) is 2.32. The minimum Gasteiger partial charge on any atom is -0.243 e. The zero-order chi connectivity index (χ0) is 14.2. The normalized spacial score (nSPS) is 11.7. The Morgan fingerprint density at radius 3 is 2.05 bits per heavy atom. The van der Waals surface area contributed by atoms with Gasteiger partial charge in [0.2, 0.25) is 0 Å². The van der Waals surface area contributed by atoms with Gasteiger partial charge < -0.3 is 0 Å². The number of alkyl halides is 3. The van der Waals surface area contributed by atoms with Gasteiger partial charge in [0.25, 0.3) is 0 Å². The monoisotopic (exact) mass is 325 g/mol. The molecule has 1 aromatic heterocycles. The molecule has 1 heterocycles.